The van der Waals surface area contributed by atoms with E-state index < -0.39 is 18.6 Å². The van der Waals surface area contributed by atoms with E-state index in [1.165, 1.54) is 25.8 Å². The van der Waals surface area contributed by atoms with Gasteiger partial charge in [-0.25, -0.2) is 0 Å². The van der Waals surface area contributed by atoms with Crippen molar-refractivity contribution in [3.63, 3.8) is 0 Å². The molecule has 0 bridgehead atoms. The van der Waals surface area contributed by atoms with Crippen LogP contribution in [0.3, 0.4) is 0 Å². The first-order valence-corrected chi connectivity index (χ1v) is 7.76. The van der Waals surface area contributed by atoms with Crippen molar-refractivity contribution in [1.82, 2.24) is 5.32 Å². The van der Waals surface area contributed by atoms with Gasteiger partial charge in [0.2, 0.25) is 5.91 Å². The number of thioether (sulfide) groups is 1. The highest BCUT2D eigenvalue weighted by Crippen LogP contribution is 2.11. The number of hydrogen-bond acceptors (Lipinski definition) is 6. The van der Waals surface area contributed by atoms with Crippen molar-refractivity contribution < 1.29 is 25.5 Å². The Hall–Kier alpha value is -0.630. The molecule has 0 aromatic carbocycles. The molecule has 0 rings (SSSR count). The van der Waals surface area contributed by atoms with Gasteiger partial charge >= 0.3 is 0 Å². The van der Waals surface area contributed by atoms with E-state index in [0.717, 1.165) is 0 Å². The predicted molar refractivity (Wildman–Crippen MR) is 78.7 cm³/mol. The number of nitrogens with one attached hydrogen (secondary N) is 1. The standard InChI is InChI=1S/C13H25NO5S/c1-4-11(8-16)19-13(18-3)9-20-6-5-12(17)14-10(2)7-15/h7,10-11,13,16H,4-6,8-9H2,1-3H3,(H,14,17)/t10-,11?,13?/m0/s1/i7T. The van der Waals surface area contributed by atoms with E-state index in [1.54, 1.807) is 0 Å². The highest BCUT2D eigenvalue weighted by Gasteiger charge is 2.14. The second kappa shape index (κ2) is 12.1. The van der Waals surface area contributed by atoms with Crippen molar-refractivity contribution in [3.8, 4) is 0 Å². The van der Waals surface area contributed by atoms with Crippen LogP contribution in [0.1, 0.15) is 28.1 Å². The fourth-order valence-corrected chi connectivity index (χ4v) is 2.24. The minimum atomic E-state index is -0.807. The molecule has 0 spiro atoms. The molecule has 2 N–H and O–H groups in total. The van der Waals surface area contributed by atoms with Crippen LogP contribution in [0.4, 0.5) is 0 Å². The van der Waals surface area contributed by atoms with Gasteiger partial charge in [-0.1, -0.05) is 6.92 Å². The summed E-state index contributed by atoms with van der Waals surface area (Å²) in [6.07, 6.45) is -0.525. The van der Waals surface area contributed by atoms with Crippen LogP contribution in [0, 0.1) is 0 Å². The summed E-state index contributed by atoms with van der Waals surface area (Å²) in [4.78, 5) is 22.2. The quantitative estimate of drug-likeness (QED) is 0.311. The summed E-state index contributed by atoms with van der Waals surface area (Å²) < 4.78 is 17.6. The molecule has 7 heteroatoms. The number of ether oxygens (including phenoxy) is 2. The number of methoxy groups -OCH3 is 1. The van der Waals surface area contributed by atoms with Crippen molar-refractivity contribution in [2.45, 2.75) is 45.1 Å². The van der Waals surface area contributed by atoms with Crippen LogP contribution in [0.25, 0.3) is 0 Å². The Bertz CT molecular complexity index is 315. The highest BCUT2D eigenvalue weighted by atomic mass is 32.2. The molecule has 1 amide bonds. The zero-order valence-electron chi connectivity index (χ0n) is 13.3. The van der Waals surface area contributed by atoms with Gasteiger partial charge in [-0.2, -0.15) is 11.8 Å². The summed E-state index contributed by atoms with van der Waals surface area (Å²) in [5, 5.41) is 11.5. The predicted octanol–water partition coefficient (Wildman–Crippen LogP) is 0.573. The molecule has 0 saturated heterocycles. The Labute approximate surface area is 126 Å². The number of carbonyl (C=O) groups is 2. The van der Waals surface area contributed by atoms with E-state index in [0.29, 0.717) is 17.9 Å². The molecule has 20 heavy (non-hydrogen) atoms. The molecule has 3 atom stereocenters. The topological polar surface area (TPSA) is 84.9 Å². The Morgan fingerprint density at radius 2 is 2.30 bits per heavy atom. The number of rotatable bonds is 12. The fraction of sp³-hybridized carbons (Fsp3) is 0.846. The van der Waals surface area contributed by atoms with Crippen molar-refractivity contribution in [2.75, 3.05) is 25.2 Å². The van der Waals surface area contributed by atoms with Gasteiger partial charge in [0.1, 0.15) is 7.63 Å². The summed E-state index contributed by atoms with van der Waals surface area (Å²) in [5.74, 6) is 0.851. The first-order chi connectivity index (χ1) is 9.94. The SMILES string of the molecule is [3H]C(=O)[C@H](C)NC(=O)CCSCC(OC)OC(CC)CO. The molecule has 118 valence electrons. The van der Waals surface area contributed by atoms with Crippen LogP contribution in [0.5, 0.6) is 0 Å². The van der Waals surface area contributed by atoms with Crippen molar-refractivity contribution in [3.05, 3.63) is 0 Å². The van der Waals surface area contributed by atoms with Crippen LogP contribution in [0.15, 0.2) is 0 Å². The van der Waals surface area contributed by atoms with Gasteiger partial charge in [-0.3, -0.25) is 4.79 Å². The summed E-state index contributed by atoms with van der Waals surface area (Å²) in [6, 6.07) is -0.771. The lowest BCUT2D eigenvalue weighted by Crippen LogP contribution is -2.33. The van der Waals surface area contributed by atoms with Crippen LogP contribution >= 0.6 is 11.8 Å². The van der Waals surface area contributed by atoms with Crippen LogP contribution in [-0.4, -0.2) is 60.9 Å². The Morgan fingerprint density at radius 3 is 2.80 bits per heavy atom. The van der Waals surface area contributed by atoms with Gasteiger partial charge < -0.3 is 24.7 Å². The Morgan fingerprint density at radius 1 is 1.60 bits per heavy atom. The lowest BCUT2D eigenvalue weighted by molar-refractivity contribution is -0.151. The first-order valence-electron chi connectivity index (χ1n) is 7.11. The van der Waals surface area contributed by atoms with Crippen LogP contribution in [-0.2, 0) is 19.1 Å². The lowest BCUT2D eigenvalue weighted by Gasteiger charge is -2.21. The average Bonchev–Trinajstić information content (AvgIpc) is 2.46. The Balaban J connectivity index is 3.86. The van der Waals surface area contributed by atoms with E-state index in [1.807, 2.05) is 6.92 Å². The molecule has 0 aromatic rings. The highest BCUT2D eigenvalue weighted by molar-refractivity contribution is 7.99. The number of aliphatic hydroxyl groups is 1. The first kappa shape index (κ1) is 17.4. The normalized spacial score (nSPS) is 16.1. The van der Waals surface area contributed by atoms with E-state index in [-0.39, 0.29) is 25.0 Å². The van der Waals surface area contributed by atoms with E-state index in [4.69, 9.17) is 16.0 Å². The summed E-state index contributed by atoms with van der Waals surface area (Å²) >= 11 is 1.49. The van der Waals surface area contributed by atoms with Crippen LogP contribution < -0.4 is 5.32 Å². The molecule has 0 aliphatic carbocycles. The molecule has 0 radical (unpaired) electrons. The van der Waals surface area contributed by atoms with Gasteiger partial charge in [0, 0.05) is 25.0 Å². The number of aliphatic hydroxyl groups excluding tert-OH is 1. The average molecular weight is 309 g/mol. The summed E-state index contributed by atoms with van der Waals surface area (Å²) in [6.45, 7) is 3.34. The van der Waals surface area contributed by atoms with E-state index in [2.05, 4.69) is 5.32 Å². The molecular weight excluding hydrogens is 282 g/mol. The van der Waals surface area contributed by atoms with Crippen molar-refractivity contribution >= 4 is 23.9 Å². The molecule has 0 aliphatic rings. The maximum atomic E-state index is 11.5. The largest absolute Gasteiger partial charge is 0.394 e. The third-order valence-corrected chi connectivity index (χ3v) is 3.55. The monoisotopic (exact) mass is 309 g/mol. The second-order valence-electron chi connectivity index (χ2n) is 4.25. The van der Waals surface area contributed by atoms with Crippen LogP contribution in [0.2, 0.25) is 0 Å². The summed E-state index contributed by atoms with van der Waals surface area (Å²) in [5.41, 5.74) is 0. The number of aldehydes is 1. The maximum absolute atomic E-state index is 11.5. The van der Waals surface area contributed by atoms with Gasteiger partial charge in [-0.05, 0) is 13.3 Å². The molecule has 0 heterocycles. The van der Waals surface area contributed by atoms with Gasteiger partial charge in [0.05, 0.1) is 18.8 Å². The molecular formula is C13H25NO5S. The zero-order chi connectivity index (χ0) is 16.3. The van der Waals surface area contributed by atoms with E-state index in [9.17, 15) is 9.59 Å². The third-order valence-electron chi connectivity index (χ3n) is 2.55. The number of carbonyl (C=O) groups excluding carboxylic acids is 2. The van der Waals surface area contributed by atoms with Gasteiger partial charge in [0.25, 0.3) is 0 Å². The Kier molecular flexibility index (Phi) is 10.6. The third kappa shape index (κ3) is 9.30. The minimum absolute atomic E-state index is 0.0531. The number of hydrogen-bond donors (Lipinski definition) is 2. The zero-order valence-corrected chi connectivity index (χ0v) is 13.1. The molecule has 0 aliphatic heterocycles. The molecule has 0 aromatic heterocycles. The fourth-order valence-electron chi connectivity index (χ4n) is 1.33. The molecule has 2 unspecified atom stereocenters. The van der Waals surface area contributed by atoms with Gasteiger partial charge in [-0.15, -0.1) is 0 Å². The molecule has 0 fully saturated rings. The minimum Gasteiger partial charge on any atom is -0.394 e. The summed E-state index contributed by atoms with van der Waals surface area (Å²) in [7, 11) is 1.53. The molecule has 0 saturated carbocycles. The second-order valence-corrected chi connectivity index (χ2v) is 5.40. The van der Waals surface area contributed by atoms with E-state index >= 15 is 0 Å². The number of amides is 1. The maximum Gasteiger partial charge on any atom is 0.221 e. The van der Waals surface area contributed by atoms with Crippen molar-refractivity contribution in [2.24, 2.45) is 0 Å². The van der Waals surface area contributed by atoms with Crippen molar-refractivity contribution in [1.29, 1.82) is 0 Å². The van der Waals surface area contributed by atoms with Gasteiger partial charge in [0.15, 0.2) is 6.29 Å². The smallest absolute Gasteiger partial charge is 0.221 e. The lowest BCUT2D eigenvalue weighted by atomic mass is 10.3. The molecule has 6 nitrogen and oxygen atoms in total.